The molecule has 0 amide bonds. The number of hydrogen-bond acceptors (Lipinski definition) is 6. The van der Waals surface area contributed by atoms with Gasteiger partial charge in [0, 0.05) is 23.2 Å². The Balaban J connectivity index is 1.34. The molecule has 6 heteroatoms. The summed E-state index contributed by atoms with van der Waals surface area (Å²) in [6.07, 6.45) is 3.45. The molecule has 0 saturated heterocycles. The number of nitrogens with zero attached hydrogens (tertiary/aromatic N) is 6. The average molecular weight is 340 g/mol. The maximum Gasteiger partial charge on any atom is 0.104 e. The van der Waals surface area contributed by atoms with Gasteiger partial charge in [0.2, 0.25) is 0 Å². The first-order valence-corrected chi connectivity index (χ1v) is 8.33. The van der Waals surface area contributed by atoms with Crippen LogP contribution in [-0.2, 0) is 0 Å². The summed E-state index contributed by atoms with van der Waals surface area (Å²) in [6.45, 7) is 1.15. The van der Waals surface area contributed by atoms with Crippen LogP contribution < -0.4 is 0 Å². The number of aromatic nitrogens is 4. The number of hydrogen-bond donors (Lipinski definition) is 0. The summed E-state index contributed by atoms with van der Waals surface area (Å²) >= 11 is 0. The summed E-state index contributed by atoms with van der Waals surface area (Å²) in [5.74, 6) is 0. The van der Waals surface area contributed by atoms with E-state index >= 15 is 0 Å². The van der Waals surface area contributed by atoms with E-state index in [0.717, 1.165) is 33.2 Å². The van der Waals surface area contributed by atoms with Gasteiger partial charge in [-0.3, -0.25) is 9.98 Å². The Morgan fingerprint density at radius 2 is 1.08 bits per heavy atom. The van der Waals surface area contributed by atoms with Gasteiger partial charge in [-0.15, -0.1) is 20.4 Å². The number of aliphatic imine (C=N–C) groups is 2. The highest BCUT2D eigenvalue weighted by Crippen LogP contribution is 2.10. The standard InChI is InChI=1S/C20H16N6/c1-3-7-19-15(5-1)11-17(23-25-19)13-21-9-10-22-14-18-12-16-6-2-4-8-20(16)26-24-18/h1-8,11-14H,9-10H2. The van der Waals surface area contributed by atoms with Gasteiger partial charge < -0.3 is 0 Å². The van der Waals surface area contributed by atoms with Gasteiger partial charge in [0.1, 0.15) is 11.4 Å². The van der Waals surface area contributed by atoms with Crippen LogP contribution in [0.15, 0.2) is 70.6 Å². The summed E-state index contributed by atoms with van der Waals surface area (Å²) in [5.41, 5.74) is 3.25. The SMILES string of the molecule is C(=NCCN=Cc1cc2ccccc2nn1)c1cc2ccccc2nn1. The fourth-order valence-electron chi connectivity index (χ4n) is 2.56. The van der Waals surface area contributed by atoms with Crippen molar-refractivity contribution in [3.05, 3.63) is 72.1 Å². The molecule has 0 aliphatic carbocycles. The zero-order chi connectivity index (χ0) is 17.6. The molecular formula is C20H16N6. The first-order valence-electron chi connectivity index (χ1n) is 8.33. The molecule has 2 aromatic carbocycles. The zero-order valence-electron chi connectivity index (χ0n) is 14.0. The van der Waals surface area contributed by atoms with Crippen LogP contribution in [0.3, 0.4) is 0 Å². The monoisotopic (exact) mass is 340 g/mol. The molecule has 0 aliphatic heterocycles. The van der Waals surface area contributed by atoms with Crippen molar-refractivity contribution in [1.29, 1.82) is 0 Å². The Hall–Kier alpha value is -3.54. The summed E-state index contributed by atoms with van der Waals surface area (Å²) in [5, 5.41) is 18.7. The second-order valence-corrected chi connectivity index (χ2v) is 5.73. The van der Waals surface area contributed by atoms with Crippen molar-refractivity contribution >= 4 is 34.2 Å². The predicted molar refractivity (Wildman–Crippen MR) is 104 cm³/mol. The van der Waals surface area contributed by atoms with Crippen molar-refractivity contribution in [2.24, 2.45) is 9.98 Å². The van der Waals surface area contributed by atoms with Crippen LogP contribution in [-0.4, -0.2) is 45.9 Å². The molecule has 4 rings (SSSR count). The lowest BCUT2D eigenvalue weighted by Gasteiger charge is -1.97. The summed E-state index contributed by atoms with van der Waals surface area (Å²) in [6, 6.07) is 19.7. The minimum Gasteiger partial charge on any atom is -0.289 e. The minimum atomic E-state index is 0.575. The molecule has 0 aliphatic rings. The van der Waals surface area contributed by atoms with Crippen molar-refractivity contribution in [3.63, 3.8) is 0 Å². The van der Waals surface area contributed by atoms with Gasteiger partial charge in [-0.1, -0.05) is 36.4 Å². The molecule has 126 valence electrons. The van der Waals surface area contributed by atoms with E-state index in [1.165, 1.54) is 0 Å². The van der Waals surface area contributed by atoms with Crippen molar-refractivity contribution in [3.8, 4) is 0 Å². The van der Waals surface area contributed by atoms with Crippen molar-refractivity contribution in [2.75, 3.05) is 13.1 Å². The van der Waals surface area contributed by atoms with E-state index in [9.17, 15) is 0 Å². The van der Waals surface area contributed by atoms with Crippen LogP contribution in [0.25, 0.3) is 21.8 Å². The fraction of sp³-hybridized carbons (Fsp3) is 0.100. The van der Waals surface area contributed by atoms with Gasteiger partial charge in [0.25, 0.3) is 0 Å². The van der Waals surface area contributed by atoms with E-state index in [1.54, 1.807) is 12.4 Å². The van der Waals surface area contributed by atoms with E-state index in [-0.39, 0.29) is 0 Å². The lowest BCUT2D eigenvalue weighted by Crippen LogP contribution is -1.96. The van der Waals surface area contributed by atoms with E-state index in [4.69, 9.17) is 0 Å². The summed E-state index contributed by atoms with van der Waals surface area (Å²) in [7, 11) is 0. The van der Waals surface area contributed by atoms with Crippen LogP contribution in [0.4, 0.5) is 0 Å². The molecule has 26 heavy (non-hydrogen) atoms. The molecule has 4 aromatic rings. The second-order valence-electron chi connectivity index (χ2n) is 5.73. The lowest BCUT2D eigenvalue weighted by atomic mass is 10.2. The molecule has 0 saturated carbocycles. The number of rotatable bonds is 5. The maximum absolute atomic E-state index is 4.35. The molecule has 6 nitrogen and oxygen atoms in total. The third kappa shape index (κ3) is 3.75. The topological polar surface area (TPSA) is 76.3 Å². The van der Waals surface area contributed by atoms with Crippen LogP contribution in [0, 0.1) is 0 Å². The zero-order valence-corrected chi connectivity index (χ0v) is 14.0. The van der Waals surface area contributed by atoms with Crippen molar-refractivity contribution < 1.29 is 0 Å². The number of benzene rings is 2. The molecule has 0 radical (unpaired) electrons. The van der Waals surface area contributed by atoms with E-state index in [1.807, 2.05) is 60.7 Å². The first kappa shape index (κ1) is 16.0. The third-order valence-corrected chi connectivity index (χ3v) is 3.83. The maximum atomic E-state index is 4.35. The third-order valence-electron chi connectivity index (χ3n) is 3.83. The van der Waals surface area contributed by atoms with Crippen molar-refractivity contribution in [2.45, 2.75) is 0 Å². The highest BCUT2D eigenvalue weighted by Gasteiger charge is 1.97. The van der Waals surface area contributed by atoms with Gasteiger partial charge >= 0.3 is 0 Å². The Morgan fingerprint density at radius 1 is 0.615 bits per heavy atom. The Kier molecular flexibility index (Phi) is 4.64. The number of fused-ring (bicyclic) bond motifs is 2. The van der Waals surface area contributed by atoms with Gasteiger partial charge in [0.15, 0.2) is 0 Å². The molecule has 0 atom stereocenters. The quantitative estimate of drug-likeness (QED) is 0.413. The molecule has 0 spiro atoms. The highest BCUT2D eigenvalue weighted by molar-refractivity contribution is 5.86. The summed E-state index contributed by atoms with van der Waals surface area (Å²) < 4.78 is 0. The Morgan fingerprint density at radius 3 is 1.58 bits per heavy atom. The van der Waals surface area contributed by atoms with Gasteiger partial charge in [-0.05, 0) is 24.3 Å². The molecule has 0 unspecified atom stereocenters. The smallest absolute Gasteiger partial charge is 0.104 e. The van der Waals surface area contributed by atoms with Crippen LogP contribution >= 0.6 is 0 Å². The summed E-state index contributed by atoms with van der Waals surface area (Å²) in [4.78, 5) is 8.70. The van der Waals surface area contributed by atoms with E-state index in [0.29, 0.717) is 13.1 Å². The van der Waals surface area contributed by atoms with Gasteiger partial charge in [-0.25, -0.2) is 0 Å². The molecular weight excluding hydrogens is 324 g/mol. The molecule has 2 aromatic heterocycles. The Bertz CT molecular complexity index is 1010. The van der Waals surface area contributed by atoms with Crippen molar-refractivity contribution in [1.82, 2.24) is 20.4 Å². The van der Waals surface area contributed by atoms with E-state index < -0.39 is 0 Å². The van der Waals surface area contributed by atoms with Gasteiger partial charge in [-0.2, -0.15) is 0 Å². The molecule has 0 N–H and O–H groups in total. The van der Waals surface area contributed by atoms with Gasteiger partial charge in [0.05, 0.1) is 24.1 Å². The normalized spacial score (nSPS) is 11.8. The first-order chi connectivity index (χ1) is 12.9. The molecule has 0 fully saturated rings. The molecule has 2 heterocycles. The molecule has 0 bridgehead atoms. The minimum absolute atomic E-state index is 0.575. The predicted octanol–water partition coefficient (Wildman–Crippen LogP) is 3.11. The largest absolute Gasteiger partial charge is 0.289 e. The van der Waals surface area contributed by atoms with E-state index in [2.05, 4.69) is 30.4 Å². The highest BCUT2D eigenvalue weighted by atomic mass is 15.1. The van der Waals surface area contributed by atoms with Crippen LogP contribution in [0.5, 0.6) is 0 Å². The fourth-order valence-corrected chi connectivity index (χ4v) is 2.56. The van der Waals surface area contributed by atoms with Crippen LogP contribution in [0.1, 0.15) is 11.4 Å². The Labute approximate surface area is 150 Å². The average Bonchev–Trinajstić information content (AvgIpc) is 2.70. The second kappa shape index (κ2) is 7.57. The lowest BCUT2D eigenvalue weighted by molar-refractivity contribution is 0.976. The van der Waals surface area contributed by atoms with Crippen LogP contribution in [0.2, 0.25) is 0 Å².